The van der Waals surface area contributed by atoms with Gasteiger partial charge in [-0.1, -0.05) is 0 Å². The van der Waals surface area contributed by atoms with Gasteiger partial charge < -0.3 is 14.6 Å². The molecule has 8 heteroatoms. The predicted octanol–water partition coefficient (Wildman–Crippen LogP) is 1.60. The second-order valence-corrected chi connectivity index (χ2v) is 4.34. The number of nitrogens with one attached hydrogen (secondary N) is 1. The highest BCUT2D eigenvalue weighted by Crippen LogP contribution is 2.27. The molecule has 0 spiro atoms. The number of nitrogens with zero attached hydrogens (tertiary/aromatic N) is 3. The fourth-order valence-corrected chi connectivity index (χ4v) is 1.86. The first kappa shape index (κ1) is 14.5. The molecular weight excluding hydrogens is 276 g/mol. The first-order valence-corrected chi connectivity index (χ1v) is 6.09. The van der Waals surface area contributed by atoms with Gasteiger partial charge in [-0.25, -0.2) is 4.98 Å². The number of aromatic amines is 1. The summed E-state index contributed by atoms with van der Waals surface area (Å²) in [5.41, 5.74) is 0.134. The minimum absolute atomic E-state index is 0.0530. The lowest BCUT2D eigenvalue weighted by atomic mass is 10.1. The van der Waals surface area contributed by atoms with Crippen LogP contribution in [-0.2, 0) is 6.54 Å². The number of H-pyrrole nitrogens is 1. The minimum atomic E-state index is -0.556. The van der Waals surface area contributed by atoms with Gasteiger partial charge >= 0.3 is 5.69 Å². The largest absolute Gasteiger partial charge is 0.490 e. The maximum atomic E-state index is 12.3. The molecule has 0 aliphatic carbocycles. The van der Waals surface area contributed by atoms with Gasteiger partial charge in [0.25, 0.3) is 5.91 Å². The lowest BCUT2D eigenvalue weighted by Gasteiger charge is -2.16. The maximum absolute atomic E-state index is 12.3. The molecule has 1 aromatic heterocycles. The van der Waals surface area contributed by atoms with E-state index in [0.29, 0.717) is 17.9 Å². The molecule has 21 heavy (non-hydrogen) atoms. The number of carbonyl (C=O) groups is 1. The third kappa shape index (κ3) is 3.16. The maximum Gasteiger partial charge on any atom is 0.310 e. The topological polar surface area (TPSA) is 101 Å². The van der Waals surface area contributed by atoms with E-state index in [1.807, 2.05) is 0 Å². The average molecular weight is 290 g/mol. The molecule has 0 radical (unpaired) electrons. The van der Waals surface area contributed by atoms with Crippen LogP contribution in [0.5, 0.6) is 5.75 Å². The standard InChI is InChI=1S/C13H14N4O4/c1-16(8-12-14-5-6-15-12)13(18)9-3-4-10(17(19)20)11(7-9)21-2/h3-7H,8H2,1-2H3,(H,14,15). The summed E-state index contributed by atoms with van der Waals surface area (Å²) in [5, 5.41) is 10.8. The summed E-state index contributed by atoms with van der Waals surface area (Å²) in [5.74, 6) is 0.427. The summed E-state index contributed by atoms with van der Waals surface area (Å²) >= 11 is 0. The van der Waals surface area contributed by atoms with Crippen molar-refractivity contribution in [3.8, 4) is 5.75 Å². The molecule has 0 saturated heterocycles. The van der Waals surface area contributed by atoms with Crippen molar-refractivity contribution in [3.63, 3.8) is 0 Å². The van der Waals surface area contributed by atoms with E-state index in [1.165, 1.54) is 30.2 Å². The molecule has 2 aromatic rings. The molecule has 8 nitrogen and oxygen atoms in total. The van der Waals surface area contributed by atoms with E-state index in [1.54, 1.807) is 19.4 Å². The van der Waals surface area contributed by atoms with Gasteiger partial charge in [0.15, 0.2) is 5.75 Å². The normalized spacial score (nSPS) is 10.2. The fourth-order valence-electron chi connectivity index (χ4n) is 1.86. The van der Waals surface area contributed by atoms with E-state index in [9.17, 15) is 14.9 Å². The number of benzene rings is 1. The van der Waals surface area contributed by atoms with E-state index >= 15 is 0 Å². The Hall–Kier alpha value is -2.90. The van der Waals surface area contributed by atoms with E-state index in [4.69, 9.17) is 4.74 Å². The van der Waals surface area contributed by atoms with Crippen molar-refractivity contribution >= 4 is 11.6 Å². The summed E-state index contributed by atoms with van der Waals surface area (Å²) in [6.07, 6.45) is 3.27. The molecular formula is C13H14N4O4. The monoisotopic (exact) mass is 290 g/mol. The van der Waals surface area contributed by atoms with Crippen LogP contribution in [0.4, 0.5) is 5.69 Å². The Morgan fingerprint density at radius 3 is 2.86 bits per heavy atom. The molecule has 1 heterocycles. The number of aromatic nitrogens is 2. The van der Waals surface area contributed by atoms with Gasteiger partial charge in [0, 0.05) is 37.1 Å². The molecule has 0 saturated carbocycles. The van der Waals surface area contributed by atoms with E-state index in [2.05, 4.69) is 9.97 Å². The number of hydrogen-bond acceptors (Lipinski definition) is 5. The van der Waals surface area contributed by atoms with Crippen molar-refractivity contribution in [3.05, 3.63) is 52.1 Å². The summed E-state index contributed by atoms with van der Waals surface area (Å²) < 4.78 is 4.95. The van der Waals surface area contributed by atoms with Crippen LogP contribution in [0.3, 0.4) is 0 Å². The van der Waals surface area contributed by atoms with Gasteiger partial charge in [0.2, 0.25) is 0 Å². The highest BCUT2D eigenvalue weighted by atomic mass is 16.6. The number of nitro groups is 1. The highest BCUT2D eigenvalue weighted by Gasteiger charge is 2.19. The van der Waals surface area contributed by atoms with Crippen LogP contribution in [0, 0.1) is 10.1 Å². The second kappa shape index (κ2) is 6.04. The Balaban J connectivity index is 2.20. The molecule has 0 aliphatic heterocycles. The smallest absolute Gasteiger partial charge is 0.310 e. The number of methoxy groups -OCH3 is 1. The zero-order chi connectivity index (χ0) is 15.4. The summed E-state index contributed by atoms with van der Waals surface area (Å²) in [6.45, 7) is 0.311. The van der Waals surface area contributed by atoms with Gasteiger partial charge in [-0.05, 0) is 6.07 Å². The van der Waals surface area contributed by atoms with Crippen molar-refractivity contribution in [2.24, 2.45) is 0 Å². The molecule has 0 aliphatic rings. The quantitative estimate of drug-likeness (QED) is 0.665. The number of nitro benzene ring substituents is 1. The van der Waals surface area contributed by atoms with E-state index < -0.39 is 4.92 Å². The lowest BCUT2D eigenvalue weighted by Crippen LogP contribution is -2.26. The number of hydrogen-bond donors (Lipinski definition) is 1. The van der Waals surface area contributed by atoms with Crippen molar-refractivity contribution in [1.29, 1.82) is 0 Å². The Morgan fingerprint density at radius 1 is 1.52 bits per heavy atom. The first-order valence-electron chi connectivity index (χ1n) is 6.09. The highest BCUT2D eigenvalue weighted by molar-refractivity contribution is 5.94. The minimum Gasteiger partial charge on any atom is -0.490 e. The number of ether oxygens (including phenoxy) is 1. The van der Waals surface area contributed by atoms with Gasteiger partial charge in [-0.15, -0.1) is 0 Å². The molecule has 2 rings (SSSR count). The molecule has 0 bridgehead atoms. The van der Waals surface area contributed by atoms with Gasteiger partial charge in [-0.3, -0.25) is 14.9 Å². The Labute approximate surface area is 120 Å². The zero-order valence-electron chi connectivity index (χ0n) is 11.6. The lowest BCUT2D eigenvalue weighted by molar-refractivity contribution is -0.385. The predicted molar refractivity (Wildman–Crippen MR) is 74.0 cm³/mol. The van der Waals surface area contributed by atoms with Gasteiger partial charge in [-0.2, -0.15) is 0 Å². The van der Waals surface area contributed by atoms with Crippen LogP contribution in [0.1, 0.15) is 16.2 Å². The molecule has 1 aromatic carbocycles. The van der Waals surface area contributed by atoms with Gasteiger partial charge in [0.1, 0.15) is 5.82 Å². The number of amides is 1. The van der Waals surface area contributed by atoms with Crippen molar-refractivity contribution < 1.29 is 14.5 Å². The Morgan fingerprint density at radius 2 is 2.29 bits per heavy atom. The van der Waals surface area contributed by atoms with Gasteiger partial charge in [0.05, 0.1) is 18.6 Å². The third-order valence-electron chi connectivity index (χ3n) is 2.91. The summed E-state index contributed by atoms with van der Waals surface area (Å²) in [4.78, 5) is 30.9. The number of rotatable bonds is 5. The number of imidazole rings is 1. The molecule has 0 atom stereocenters. The Bertz CT molecular complexity index is 654. The molecule has 1 N–H and O–H groups in total. The summed E-state index contributed by atoms with van der Waals surface area (Å²) in [6, 6.07) is 4.02. The van der Waals surface area contributed by atoms with Crippen molar-refractivity contribution in [2.45, 2.75) is 6.54 Å². The van der Waals surface area contributed by atoms with Crippen LogP contribution >= 0.6 is 0 Å². The first-order chi connectivity index (χ1) is 10.0. The molecule has 0 fully saturated rings. The van der Waals surface area contributed by atoms with E-state index in [-0.39, 0.29) is 17.3 Å². The van der Waals surface area contributed by atoms with E-state index in [0.717, 1.165) is 0 Å². The van der Waals surface area contributed by atoms with Crippen molar-refractivity contribution in [2.75, 3.05) is 14.2 Å². The summed E-state index contributed by atoms with van der Waals surface area (Å²) in [7, 11) is 2.95. The Kier molecular flexibility index (Phi) is 4.17. The third-order valence-corrected chi connectivity index (χ3v) is 2.91. The van der Waals surface area contributed by atoms with Crippen LogP contribution in [0.25, 0.3) is 0 Å². The SMILES string of the molecule is COc1cc(C(=O)N(C)Cc2ncc[nH]2)ccc1[N+](=O)[O-]. The van der Waals surface area contributed by atoms with Crippen LogP contribution in [0.15, 0.2) is 30.6 Å². The molecule has 1 amide bonds. The zero-order valence-corrected chi connectivity index (χ0v) is 11.6. The van der Waals surface area contributed by atoms with Crippen LogP contribution < -0.4 is 4.74 Å². The van der Waals surface area contributed by atoms with Crippen LogP contribution in [-0.4, -0.2) is 39.9 Å². The fraction of sp³-hybridized carbons (Fsp3) is 0.231. The van der Waals surface area contributed by atoms with Crippen molar-refractivity contribution in [1.82, 2.24) is 14.9 Å². The molecule has 110 valence electrons. The number of carbonyl (C=O) groups excluding carboxylic acids is 1. The van der Waals surface area contributed by atoms with Crippen LogP contribution in [0.2, 0.25) is 0 Å². The average Bonchev–Trinajstić information content (AvgIpc) is 2.98. The molecule has 0 unspecified atom stereocenters. The second-order valence-electron chi connectivity index (χ2n) is 4.34.